The van der Waals surface area contributed by atoms with Crippen molar-refractivity contribution in [1.29, 1.82) is 0 Å². The molecule has 8 heteroatoms. The third kappa shape index (κ3) is 7.64. The van der Waals surface area contributed by atoms with Crippen LogP contribution in [0, 0.1) is 5.92 Å². The molecule has 154 valence electrons. The minimum Gasteiger partial charge on any atom is -0.358 e. The van der Waals surface area contributed by atoms with Crippen molar-refractivity contribution in [1.82, 2.24) is 20.5 Å². The number of likely N-dealkylation sites (N-methyl/N-ethyl adjacent to an activating group) is 1. The number of hydrogen-bond donors (Lipinski definition) is 2. The van der Waals surface area contributed by atoms with Gasteiger partial charge in [-0.1, -0.05) is 19.9 Å². The second-order valence-electron chi connectivity index (χ2n) is 7.02. The van der Waals surface area contributed by atoms with E-state index in [1.807, 2.05) is 18.2 Å². The van der Waals surface area contributed by atoms with Gasteiger partial charge in [-0.25, -0.2) is 0 Å². The van der Waals surface area contributed by atoms with Gasteiger partial charge in [-0.05, 0) is 43.9 Å². The Kier molecular flexibility index (Phi) is 12.3. The van der Waals surface area contributed by atoms with E-state index in [0.717, 1.165) is 31.5 Å². The average Bonchev–Trinajstić information content (AvgIpc) is 3.09. The minimum atomic E-state index is -0.237. The van der Waals surface area contributed by atoms with Crippen LogP contribution < -0.4 is 10.6 Å². The molecule has 1 aliphatic rings. The topological polar surface area (TPSA) is 74.3 Å². The number of rotatable bonds is 8. The van der Waals surface area contributed by atoms with Crippen LogP contribution in [0.1, 0.15) is 38.8 Å². The van der Waals surface area contributed by atoms with Crippen molar-refractivity contribution in [2.24, 2.45) is 5.92 Å². The highest BCUT2D eigenvalue weighted by Crippen LogP contribution is 2.24. The highest BCUT2D eigenvalue weighted by molar-refractivity contribution is 5.86. The molecule has 0 bridgehead atoms. The molecule has 0 aromatic carbocycles. The van der Waals surface area contributed by atoms with Gasteiger partial charge in [0.25, 0.3) is 0 Å². The van der Waals surface area contributed by atoms with E-state index in [1.165, 1.54) is 0 Å². The van der Waals surface area contributed by atoms with Crippen LogP contribution in [-0.4, -0.2) is 53.9 Å². The number of halogens is 2. The number of pyridine rings is 1. The number of likely N-dealkylation sites (tertiary alicyclic amines) is 1. The van der Waals surface area contributed by atoms with Gasteiger partial charge < -0.3 is 10.6 Å². The Bertz CT molecular complexity index is 572. The lowest BCUT2D eigenvalue weighted by atomic mass is 10.0. The van der Waals surface area contributed by atoms with Gasteiger partial charge in [0.1, 0.15) is 0 Å². The van der Waals surface area contributed by atoms with Crippen molar-refractivity contribution in [2.75, 3.05) is 20.1 Å². The number of amides is 2. The lowest BCUT2D eigenvalue weighted by Crippen LogP contribution is -2.53. The second kappa shape index (κ2) is 12.9. The standard InChI is InChI=1S/C19H30N4O2.2ClH/c1-14(2)13-17(18(24)20-3)23-12-6-8-16(23)19(25)22-11-9-15-7-4-5-10-21-15;;/h4-5,7,10,14,16-17H,6,8-9,11-13H2,1-3H3,(H,20,24)(H,22,25);2*1H/t16-,17+;;/m0../s1. The number of nitrogens with one attached hydrogen (secondary N) is 2. The highest BCUT2D eigenvalue weighted by atomic mass is 35.5. The Morgan fingerprint density at radius 3 is 2.63 bits per heavy atom. The van der Waals surface area contributed by atoms with Gasteiger partial charge in [-0.15, -0.1) is 24.8 Å². The van der Waals surface area contributed by atoms with Gasteiger partial charge in [0, 0.05) is 31.9 Å². The number of nitrogens with zero attached hydrogens (tertiary/aromatic N) is 2. The fraction of sp³-hybridized carbons (Fsp3) is 0.632. The Morgan fingerprint density at radius 1 is 1.30 bits per heavy atom. The van der Waals surface area contributed by atoms with Crippen LogP contribution in [0.4, 0.5) is 0 Å². The largest absolute Gasteiger partial charge is 0.358 e. The molecule has 2 rings (SSSR count). The van der Waals surface area contributed by atoms with Gasteiger partial charge in [0.15, 0.2) is 0 Å². The van der Waals surface area contributed by atoms with E-state index in [9.17, 15) is 9.59 Å². The zero-order valence-corrected chi connectivity index (χ0v) is 17.9. The molecule has 2 amide bonds. The molecule has 1 fully saturated rings. The smallest absolute Gasteiger partial charge is 0.237 e. The summed E-state index contributed by atoms with van der Waals surface area (Å²) in [5.41, 5.74) is 0.967. The SMILES string of the molecule is CNC(=O)[C@@H](CC(C)C)N1CCC[C@H]1C(=O)NCCc1ccccn1.Cl.Cl. The predicted molar refractivity (Wildman–Crippen MR) is 112 cm³/mol. The third-order valence-electron chi connectivity index (χ3n) is 4.65. The average molecular weight is 419 g/mol. The van der Waals surface area contributed by atoms with Crippen LogP contribution in [0.15, 0.2) is 24.4 Å². The first kappa shape index (κ1) is 25.6. The number of hydrogen-bond acceptors (Lipinski definition) is 4. The maximum Gasteiger partial charge on any atom is 0.237 e. The van der Waals surface area contributed by atoms with Gasteiger partial charge in [-0.3, -0.25) is 19.5 Å². The lowest BCUT2D eigenvalue weighted by Gasteiger charge is -2.32. The third-order valence-corrected chi connectivity index (χ3v) is 4.65. The lowest BCUT2D eigenvalue weighted by molar-refractivity contribution is -0.131. The predicted octanol–water partition coefficient (Wildman–Crippen LogP) is 2.21. The molecule has 2 atom stereocenters. The molecule has 1 aromatic rings. The summed E-state index contributed by atoms with van der Waals surface area (Å²) < 4.78 is 0. The van der Waals surface area contributed by atoms with Crippen molar-refractivity contribution in [3.05, 3.63) is 30.1 Å². The van der Waals surface area contributed by atoms with E-state index >= 15 is 0 Å². The molecular formula is C19H32Cl2N4O2. The monoisotopic (exact) mass is 418 g/mol. The molecule has 27 heavy (non-hydrogen) atoms. The van der Waals surface area contributed by atoms with Crippen LogP contribution in [0.5, 0.6) is 0 Å². The van der Waals surface area contributed by atoms with Crippen LogP contribution >= 0.6 is 24.8 Å². The molecular weight excluding hydrogens is 387 g/mol. The Hall–Kier alpha value is -1.37. The van der Waals surface area contributed by atoms with Gasteiger partial charge >= 0.3 is 0 Å². The first-order chi connectivity index (χ1) is 12.0. The zero-order valence-electron chi connectivity index (χ0n) is 16.3. The summed E-state index contributed by atoms with van der Waals surface area (Å²) in [6, 6.07) is 5.33. The summed E-state index contributed by atoms with van der Waals surface area (Å²) in [5, 5.41) is 5.77. The molecule has 2 N–H and O–H groups in total. The van der Waals surface area contributed by atoms with Crippen molar-refractivity contribution < 1.29 is 9.59 Å². The Balaban J connectivity index is 0.00000338. The fourth-order valence-electron chi connectivity index (χ4n) is 3.43. The zero-order chi connectivity index (χ0) is 18.2. The van der Waals surface area contributed by atoms with E-state index in [-0.39, 0.29) is 48.7 Å². The normalized spacial score (nSPS) is 17.6. The van der Waals surface area contributed by atoms with Crippen LogP contribution in [0.25, 0.3) is 0 Å². The molecule has 0 aliphatic carbocycles. The summed E-state index contributed by atoms with van der Waals surface area (Å²) in [6.45, 7) is 5.57. The maximum atomic E-state index is 12.6. The highest BCUT2D eigenvalue weighted by Gasteiger charge is 2.38. The molecule has 2 heterocycles. The van der Waals surface area contributed by atoms with Crippen LogP contribution in [0.2, 0.25) is 0 Å². The first-order valence-corrected chi connectivity index (χ1v) is 9.18. The molecule has 0 spiro atoms. The van der Waals surface area contributed by atoms with Crippen molar-refractivity contribution in [2.45, 2.75) is 51.6 Å². The van der Waals surface area contributed by atoms with E-state index in [0.29, 0.717) is 18.9 Å². The second-order valence-corrected chi connectivity index (χ2v) is 7.02. The molecule has 1 aromatic heterocycles. The van der Waals surface area contributed by atoms with Crippen molar-refractivity contribution in [3.8, 4) is 0 Å². The van der Waals surface area contributed by atoms with E-state index in [2.05, 4.69) is 34.4 Å². The number of carbonyl (C=O) groups is 2. The Labute approximate surface area is 174 Å². The van der Waals surface area contributed by atoms with Gasteiger partial charge in [0.05, 0.1) is 12.1 Å². The van der Waals surface area contributed by atoms with E-state index in [1.54, 1.807) is 13.2 Å². The number of carbonyl (C=O) groups excluding carboxylic acids is 2. The molecule has 6 nitrogen and oxygen atoms in total. The van der Waals surface area contributed by atoms with Crippen LogP contribution in [0.3, 0.4) is 0 Å². The summed E-state index contributed by atoms with van der Waals surface area (Å²) in [4.78, 5) is 31.3. The fourth-order valence-corrected chi connectivity index (χ4v) is 3.43. The van der Waals surface area contributed by atoms with Crippen LogP contribution in [-0.2, 0) is 16.0 Å². The maximum absolute atomic E-state index is 12.6. The van der Waals surface area contributed by atoms with Gasteiger partial charge in [-0.2, -0.15) is 0 Å². The van der Waals surface area contributed by atoms with Crippen molar-refractivity contribution >= 4 is 36.6 Å². The van der Waals surface area contributed by atoms with E-state index < -0.39 is 0 Å². The Morgan fingerprint density at radius 2 is 2.04 bits per heavy atom. The minimum absolute atomic E-state index is 0. The molecule has 0 radical (unpaired) electrons. The van der Waals surface area contributed by atoms with Gasteiger partial charge in [0.2, 0.25) is 11.8 Å². The molecule has 0 unspecified atom stereocenters. The van der Waals surface area contributed by atoms with Crippen molar-refractivity contribution in [3.63, 3.8) is 0 Å². The summed E-state index contributed by atoms with van der Waals surface area (Å²) >= 11 is 0. The summed E-state index contributed by atoms with van der Waals surface area (Å²) in [6.07, 6.45) is 4.99. The quantitative estimate of drug-likeness (QED) is 0.678. The molecule has 1 aliphatic heterocycles. The molecule has 1 saturated heterocycles. The summed E-state index contributed by atoms with van der Waals surface area (Å²) in [7, 11) is 1.66. The molecule has 0 saturated carbocycles. The number of aromatic nitrogens is 1. The summed E-state index contributed by atoms with van der Waals surface area (Å²) in [5.74, 6) is 0.420. The first-order valence-electron chi connectivity index (χ1n) is 9.18. The van der Waals surface area contributed by atoms with E-state index in [4.69, 9.17) is 0 Å².